The van der Waals surface area contributed by atoms with Gasteiger partial charge >= 0.3 is 6.09 Å². The Labute approximate surface area is 79.0 Å². The smallest absolute Gasteiger partial charge is 0.410 e. The summed E-state index contributed by atoms with van der Waals surface area (Å²) in [4.78, 5) is 12.8. The summed E-state index contributed by atoms with van der Waals surface area (Å²) in [6.07, 6.45) is 1.54. The monoisotopic (exact) mass is 186 g/mol. The standard InChI is InChI=1S/C9H18N2O2/c1-3-9(10,4-2)7-11-5-6-13-8(11)12/h3-7,10H2,1-2H3. The van der Waals surface area contributed by atoms with Crippen LogP contribution < -0.4 is 5.73 Å². The van der Waals surface area contributed by atoms with Crippen molar-refractivity contribution in [2.75, 3.05) is 19.7 Å². The van der Waals surface area contributed by atoms with E-state index in [9.17, 15) is 4.79 Å². The SMILES string of the molecule is CCC(N)(CC)CN1CCOC1=O. The van der Waals surface area contributed by atoms with Gasteiger partial charge in [-0.15, -0.1) is 0 Å². The van der Waals surface area contributed by atoms with Gasteiger partial charge in [-0.05, 0) is 12.8 Å². The molecule has 0 aromatic carbocycles. The molecule has 1 rings (SSSR count). The maximum absolute atomic E-state index is 11.1. The average Bonchev–Trinajstić information content (AvgIpc) is 2.52. The predicted molar refractivity (Wildman–Crippen MR) is 50.4 cm³/mol. The first kappa shape index (κ1) is 10.3. The second kappa shape index (κ2) is 3.96. The second-order valence-electron chi connectivity index (χ2n) is 3.61. The highest BCUT2D eigenvalue weighted by Crippen LogP contribution is 2.15. The zero-order valence-corrected chi connectivity index (χ0v) is 8.38. The van der Waals surface area contributed by atoms with Crippen LogP contribution in [0.3, 0.4) is 0 Å². The molecule has 1 heterocycles. The van der Waals surface area contributed by atoms with E-state index < -0.39 is 0 Å². The van der Waals surface area contributed by atoms with Crippen LogP contribution in [0.4, 0.5) is 4.79 Å². The van der Waals surface area contributed by atoms with Crippen molar-refractivity contribution < 1.29 is 9.53 Å². The average molecular weight is 186 g/mol. The van der Waals surface area contributed by atoms with E-state index >= 15 is 0 Å². The molecule has 0 atom stereocenters. The number of carbonyl (C=O) groups excluding carboxylic acids is 1. The molecule has 0 bridgehead atoms. The first-order valence-electron chi connectivity index (χ1n) is 4.82. The quantitative estimate of drug-likeness (QED) is 0.711. The zero-order valence-electron chi connectivity index (χ0n) is 8.38. The molecule has 1 aliphatic rings. The molecule has 2 N–H and O–H groups in total. The maximum atomic E-state index is 11.1. The topological polar surface area (TPSA) is 55.6 Å². The minimum absolute atomic E-state index is 0.225. The number of hydrogen-bond donors (Lipinski definition) is 1. The van der Waals surface area contributed by atoms with E-state index in [2.05, 4.69) is 0 Å². The fourth-order valence-corrected chi connectivity index (χ4v) is 1.42. The Kier molecular flexibility index (Phi) is 3.14. The van der Waals surface area contributed by atoms with Crippen molar-refractivity contribution in [3.63, 3.8) is 0 Å². The lowest BCUT2D eigenvalue weighted by Gasteiger charge is -2.30. The molecule has 1 saturated heterocycles. The maximum Gasteiger partial charge on any atom is 0.410 e. The van der Waals surface area contributed by atoms with E-state index in [1.807, 2.05) is 13.8 Å². The van der Waals surface area contributed by atoms with Crippen molar-refractivity contribution >= 4 is 6.09 Å². The lowest BCUT2D eigenvalue weighted by molar-refractivity contribution is 0.150. The summed E-state index contributed by atoms with van der Waals surface area (Å²) in [6, 6.07) is 0. The van der Waals surface area contributed by atoms with Crippen LogP contribution in [-0.4, -0.2) is 36.2 Å². The van der Waals surface area contributed by atoms with Crippen LogP contribution in [0.25, 0.3) is 0 Å². The molecule has 1 fully saturated rings. The fraction of sp³-hybridized carbons (Fsp3) is 0.889. The van der Waals surface area contributed by atoms with Crippen molar-refractivity contribution in [3.05, 3.63) is 0 Å². The molecule has 0 unspecified atom stereocenters. The third-order valence-corrected chi connectivity index (χ3v) is 2.76. The molecule has 4 heteroatoms. The van der Waals surface area contributed by atoms with Crippen LogP contribution in [0.15, 0.2) is 0 Å². The van der Waals surface area contributed by atoms with E-state index in [-0.39, 0.29) is 11.6 Å². The summed E-state index contributed by atoms with van der Waals surface area (Å²) in [5.41, 5.74) is 5.84. The highest BCUT2D eigenvalue weighted by Gasteiger charge is 2.30. The van der Waals surface area contributed by atoms with Crippen LogP contribution in [-0.2, 0) is 4.74 Å². The normalized spacial score (nSPS) is 17.8. The van der Waals surface area contributed by atoms with E-state index in [1.54, 1.807) is 4.90 Å². The molecule has 13 heavy (non-hydrogen) atoms. The number of rotatable bonds is 4. The first-order valence-corrected chi connectivity index (χ1v) is 4.82. The minimum Gasteiger partial charge on any atom is -0.448 e. The summed E-state index contributed by atoms with van der Waals surface area (Å²) in [6.45, 7) is 5.88. The zero-order chi connectivity index (χ0) is 9.90. The van der Waals surface area contributed by atoms with Gasteiger partial charge in [0.2, 0.25) is 0 Å². The van der Waals surface area contributed by atoms with Crippen LogP contribution in [0, 0.1) is 0 Å². The lowest BCUT2D eigenvalue weighted by atomic mass is 9.94. The Balaban J connectivity index is 2.50. The van der Waals surface area contributed by atoms with Gasteiger partial charge in [-0.2, -0.15) is 0 Å². The molecule has 0 aromatic rings. The van der Waals surface area contributed by atoms with E-state index in [1.165, 1.54) is 0 Å². The Hall–Kier alpha value is -0.770. The van der Waals surface area contributed by atoms with Crippen molar-refractivity contribution in [3.8, 4) is 0 Å². The van der Waals surface area contributed by atoms with Crippen molar-refractivity contribution in [1.29, 1.82) is 0 Å². The van der Waals surface area contributed by atoms with Crippen molar-refractivity contribution in [2.24, 2.45) is 5.73 Å². The van der Waals surface area contributed by atoms with Crippen LogP contribution in [0.2, 0.25) is 0 Å². The number of amides is 1. The molecule has 1 aliphatic heterocycles. The predicted octanol–water partition coefficient (Wildman–Crippen LogP) is 0.956. The number of hydrogen-bond acceptors (Lipinski definition) is 3. The van der Waals surface area contributed by atoms with Crippen molar-refractivity contribution in [1.82, 2.24) is 4.90 Å². The van der Waals surface area contributed by atoms with Crippen LogP contribution >= 0.6 is 0 Å². The third-order valence-electron chi connectivity index (χ3n) is 2.76. The van der Waals surface area contributed by atoms with E-state index in [4.69, 9.17) is 10.5 Å². The Morgan fingerprint density at radius 2 is 2.15 bits per heavy atom. The Morgan fingerprint density at radius 1 is 1.54 bits per heavy atom. The number of ether oxygens (including phenoxy) is 1. The molecular formula is C9H18N2O2. The van der Waals surface area contributed by atoms with Crippen molar-refractivity contribution in [2.45, 2.75) is 32.2 Å². The molecule has 0 aromatic heterocycles. The Bertz CT molecular complexity index is 190. The minimum atomic E-state index is -0.247. The molecule has 0 spiro atoms. The molecule has 4 nitrogen and oxygen atoms in total. The van der Waals surface area contributed by atoms with Gasteiger partial charge in [0.25, 0.3) is 0 Å². The summed E-state index contributed by atoms with van der Waals surface area (Å²) < 4.78 is 4.83. The molecule has 0 radical (unpaired) electrons. The van der Waals surface area contributed by atoms with Gasteiger partial charge in [0, 0.05) is 12.1 Å². The molecule has 0 aliphatic carbocycles. The van der Waals surface area contributed by atoms with E-state index in [0.29, 0.717) is 19.7 Å². The second-order valence-corrected chi connectivity index (χ2v) is 3.61. The van der Waals surface area contributed by atoms with Gasteiger partial charge < -0.3 is 15.4 Å². The van der Waals surface area contributed by atoms with Gasteiger partial charge in [-0.3, -0.25) is 0 Å². The molecule has 76 valence electrons. The number of carbonyl (C=O) groups is 1. The van der Waals surface area contributed by atoms with Gasteiger partial charge in [0.05, 0.1) is 6.54 Å². The molecule has 1 amide bonds. The number of cyclic esters (lactones) is 1. The summed E-state index contributed by atoms with van der Waals surface area (Å²) in [5, 5.41) is 0. The molecule has 0 saturated carbocycles. The molecular weight excluding hydrogens is 168 g/mol. The summed E-state index contributed by atoms with van der Waals surface area (Å²) in [5.74, 6) is 0. The highest BCUT2D eigenvalue weighted by atomic mass is 16.6. The van der Waals surface area contributed by atoms with Gasteiger partial charge in [-0.1, -0.05) is 13.8 Å². The fourth-order valence-electron chi connectivity index (χ4n) is 1.42. The Morgan fingerprint density at radius 3 is 2.54 bits per heavy atom. The first-order chi connectivity index (χ1) is 6.11. The highest BCUT2D eigenvalue weighted by molar-refractivity contribution is 5.69. The number of nitrogens with two attached hydrogens (primary N) is 1. The van der Waals surface area contributed by atoms with Gasteiger partial charge in [0.1, 0.15) is 6.61 Å². The third kappa shape index (κ3) is 2.34. The summed E-state index contributed by atoms with van der Waals surface area (Å²) >= 11 is 0. The lowest BCUT2D eigenvalue weighted by Crippen LogP contribution is -2.49. The largest absolute Gasteiger partial charge is 0.448 e. The van der Waals surface area contributed by atoms with Crippen LogP contribution in [0.1, 0.15) is 26.7 Å². The van der Waals surface area contributed by atoms with Crippen LogP contribution in [0.5, 0.6) is 0 Å². The van der Waals surface area contributed by atoms with Gasteiger partial charge in [0.15, 0.2) is 0 Å². The van der Waals surface area contributed by atoms with Gasteiger partial charge in [-0.25, -0.2) is 4.79 Å². The van der Waals surface area contributed by atoms with E-state index in [0.717, 1.165) is 12.8 Å². The number of nitrogens with zero attached hydrogens (tertiary/aromatic N) is 1. The summed E-state index contributed by atoms with van der Waals surface area (Å²) in [7, 11) is 0.